The second kappa shape index (κ2) is 5.63. The molecule has 0 aliphatic heterocycles. The highest BCUT2D eigenvalue weighted by Gasteiger charge is 2.02. The molecule has 1 N–H and O–H groups in total. The number of aromatic nitrogens is 2. The van der Waals surface area contributed by atoms with E-state index >= 15 is 0 Å². The van der Waals surface area contributed by atoms with Crippen LogP contribution in [0.4, 0.5) is 0 Å². The van der Waals surface area contributed by atoms with E-state index in [9.17, 15) is 0 Å². The highest BCUT2D eigenvalue weighted by atomic mass is 79.9. The van der Waals surface area contributed by atoms with Gasteiger partial charge < -0.3 is 9.72 Å². The van der Waals surface area contributed by atoms with Crippen molar-refractivity contribution in [2.24, 2.45) is 0 Å². The first kappa shape index (κ1) is 13.1. The van der Waals surface area contributed by atoms with Crippen LogP contribution in [0.25, 0.3) is 5.65 Å². The molecular weight excluding hydrogens is 346 g/mol. The first-order valence-corrected chi connectivity index (χ1v) is 7.82. The fourth-order valence-electron chi connectivity index (χ4n) is 1.86. The van der Waals surface area contributed by atoms with Gasteiger partial charge in [0, 0.05) is 40.2 Å². The molecule has 98 valence electrons. The van der Waals surface area contributed by atoms with Crippen molar-refractivity contribution in [2.45, 2.75) is 13.1 Å². The van der Waals surface area contributed by atoms with Gasteiger partial charge in [-0.25, -0.2) is 4.98 Å². The van der Waals surface area contributed by atoms with Crippen LogP contribution in [0.5, 0.6) is 0 Å². The number of thiophene rings is 1. The maximum absolute atomic E-state index is 5.95. The molecule has 3 rings (SSSR count). The minimum absolute atomic E-state index is 0.716. The van der Waals surface area contributed by atoms with Crippen LogP contribution in [0.3, 0.4) is 0 Å². The molecule has 0 atom stereocenters. The minimum atomic E-state index is 0.716. The van der Waals surface area contributed by atoms with Crippen LogP contribution in [0.15, 0.2) is 40.4 Å². The molecule has 0 spiro atoms. The molecule has 3 nitrogen and oxygen atoms in total. The number of pyridine rings is 1. The second-order valence-corrected chi connectivity index (χ2v) is 6.53. The van der Waals surface area contributed by atoms with E-state index in [2.05, 4.69) is 37.7 Å². The van der Waals surface area contributed by atoms with Crippen LogP contribution in [0.1, 0.15) is 10.6 Å². The van der Waals surface area contributed by atoms with E-state index in [0.29, 0.717) is 5.02 Å². The Balaban J connectivity index is 1.65. The molecule has 0 saturated carbocycles. The van der Waals surface area contributed by atoms with E-state index in [4.69, 9.17) is 11.6 Å². The summed E-state index contributed by atoms with van der Waals surface area (Å²) in [6.07, 6.45) is 3.86. The molecule has 0 aliphatic carbocycles. The third-order valence-corrected chi connectivity index (χ3v) is 4.61. The Morgan fingerprint density at radius 2 is 2.21 bits per heavy atom. The third-order valence-electron chi connectivity index (χ3n) is 2.69. The Morgan fingerprint density at radius 3 is 3.00 bits per heavy atom. The van der Waals surface area contributed by atoms with E-state index in [0.717, 1.165) is 28.9 Å². The molecular formula is C13H11BrClN3S. The van der Waals surface area contributed by atoms with E-state index in [1.54, 1.807) is 11.3 Å². The monoisotopic (exact) mass is 355 g/mol. The van der Waals surface area contributed by atoms with Crippen molar-refractivity contribution in [3.05, 3.63) is 56.0 Å². The van der Waals surface area contributed by atoms with E-state index in [1.165, 1.54) is 4.88 Å². The number of rotatable bonds is 4. The number of hydrogen-bond donors (Lipinski definition) is 1. The van der Waals surface area contributed by atoms with Gasteiger partial charge in [-0.2, -0.15) is 0 Å². The summed E-state index contributed by atoms with van der Waals surface area (Å²) < 4.78 is 3.08. The fraction of sp³-hybridized carbons (Fsp3) is 0.154. The Morgan fingerprint density at radius 1 is 1.32 bits per heavy atom. The summed E-state index contributed by atoms with van der Waals surface area (Å²) in [5.41, 5.74) is 1.93. The van der Waals surface area contributed by atoms with Crippen LogP contribution < -0.4 is 5.32 Å². The van der Waals surface area contributed by atoms with E-state index < -0.39 is 0 Å². The van der Waals surface area contributed by atoms with Gasteiger partial charge in [0.2, 0.25) is 0 Å². The highest BCUT2D eigenvalue weighted by molar-refractivity contribution is 9.10. The lowest BCUT2D eigenvalue weighted by atomic mass is 10.4. The largest absolute Gasteiger partial charge is 0.306 e. The molecule has 0 aromatic carbocycles. The maximum Gasteiger partial charge on any atom is 0.137 e. The van der Waals surface area contributed by atoms with Gasteiger partial charge in [-0.05, 0) is 34.1 Å². The molecule has 0 aliphatic rings. The number of imidazole rings is 1. The van der Waals surface area contributed by atoms with E-state index in [1.807, 2.05) is 28.9 Å². The van der Waals surface area contributed by atoms with Gasteiger partial charge in [-0.3, -0.25) is 0 Å². The summed E-state index contributed by atoms with van der Waals surface area (Å²) in [6, 6.07) is 5.90. The normalized spacial score (nSPS) is 11.3. The third kappa shape index (κ3) is 3.17. The average molecular weight is 357 g/mol. The summed E-state index contributed by atoms with van der Waals surface area (Å²) in [4.78, 5) is 5.83. The Hall–Kier alpha value is -0.880. The van der Waals surface area contributed by atoms with Gasteiger partial charge >= 0.3 is 0 Å². The Kier molecular flexibility index (Phi) is 3.88. The molecule has 0 bridgehead atoms. The van der Waals surface area contributed by atoms with Crippen LogP contribution in [0, 0.1) is 0 Å². The first-order chi connectivity index (χ1) is 9.20. The van der Waals surface area contributed by atoms with Crippen molar-refractivity contribution in [2.75, 3.05) is 0 Å². The minimum Gasteiger partial charge on any atom is -0.306 e. The van der Waals surface area contributed by atoms with Crippen LogP contribution >= 0.6 is 38.9 Å². The predicted molar refractivity (Wildman–Crippen MR) is 82.8 cm³/mol. The number of fused-ring (bicyclic) bond motifs is 1. The summed E-state index contributed by atoms with van der Waals surface area (Å²) in [5, 5.41) is 6.19. The van der Waals surface area contributed by atoms with Gasteiger partial charge in [0.1, 0.15) is 5.65 Å². The zero-order chi connectivity index (χ0) is 13.2. The van der Waals surface area contributed by atoms with E-state index in [-0.39, 0.29) is 0 Å². The van der Waals surface area contributed by atoms with Crippen molar-refractivity contribution in [1.29, 1.82) is 0 Å². The molecule has 0 radical (unpaired) electrons. The summed E-state index contributed by atoms with van der Waals surface area (Å²) in [6.45, 7) is 1.60. The number of halogens is 2. The summed E-state index contributed by atoms with van der Waals surface area (Å²) in [5.74, 6) is 0. The lowest BCUT2D eigenvalue weighted by Crippen LogP contribution is -2.11. The van der Waals surface area contributed by atoms with Crippen molar-refractivity contribution in [1.82, 2.24) is 14.7 Å². The van der Waals surface area contributed by atoms with Gasteiger partial charge in [-0.1, -0.05) is 11.6 Å². The Bertz CT molecular complexity index is 707. The van der Waals surface area contributed by atoms with Crippen molar-refractivity contribution in [3.63, 3.8) is 0 Å². The highest BCUT2D eigenvalue weighted by Crippen LogP contribution is 2.19. The number of nitrogens with zero attached hydrogens (tertiary/aromatic N) is 2. The predicted octanol–water partition coefficient (Wildman–Crippen LogP) is 4.10. The maximum atomic E-state index is 5.95. The topological polar surface area (TPSA) is 29.3 Å². The molecule has 6 heteroatoms. The first-order valence-electron chi connectivity index (χ1n) is 5.77. The second-order valence-electron chi connectivity index (χ2n) is 4.18. The molecule has 19 heavy (non-hydrogen) atoms. The quantitative estimate of drug-likeness (QED) is 0.762. The molecule has 3 heterocycles. The summed E-state index contributed by atoms with van der Waals surface area (Å²) in [7, 11) is 0. The van der Waals surface area contributed by atoms with Crippen molar-refractivity contribution >= 4 is 44.5 Å². The van der Waals surface area contributed by atoms with Gasteiger partial charge in [0.15, 0.2) is 0 Å². The standard InChI is InChI=1S/C13H11BrClN3S/c14-9-3-12(19-8-9)5-16-4-11-7-18-6-10(15)1-2-13(18)17-11/h1-3,6-8,16H,4-5H2. The molecule has 3 aromatic heterocycles. The molecule has 0 amide bonds. The molecule has 0 saturated heterocycles. The average Bonchev–Trinajstić information content (AvgIpc) is 2.95. The van der Waals surface area contributed by atoms with Crippen LogP contribution in [0.2, 0.25) is 5.02 Å². The fourth-order valence-corrected chi connectivity index (χ4v) is 3.45. The zero-order valence-corrected chi connectivity index (χ0v) is 13.1. The van der Waals surface area contributed by atoms with Gasteiger partial charge in [0.25, 0.3) is 0 Å². The lowest BCUT2D eigenvalue weighted by Gasteiger charge is -1.99. The SMILES string of the molecule is Clc1ccc2nc(CNCc3cc(Br)cs3)cn2c1. The number of nitrogens with one attached hydrogen (secondary N) is 1. The van der Waals surface area contributed by atoms with Crippen molar-refractivity contribution in [3.8, 4) is 0 Å². The zero-order valence-electron chi connectivity index (χ0n) is 9.94. The van der Waals surface area contributed by atoms with Crippen molar-refractivity contribution < 1.29 is 0 Å². The molecule has 3 aromatic rings. The van der Waals surface area contributed by atoms with Crippen LogP contribution in [-0.2, 0) is 13.1 Å². The molecule has 0 unspecified atom stereocenters. The van der Waals surface area contributed by atoms with Gasteiger partial charge in [0.05, 0.1) is 10.7 Å². The van der Waals surface area contributed by atoms with Gasteiger partial charge in [-0.15, -0.1) is 11.3 Å². The number of hydrogen-bond acceptors (Lipinski definition) is 3. The smallest absolute Gasteiger partial charge is 0.137 e. The molecule has 0 fully saturated rings. The van der Waals surface area contributed by atoms with Crippen LogP contribution in [-0.4, -0.2) is 9.38 Å². The summed E-state index contributed by atoms with van der Waals surface area (Å²) >= 11 is 11.1. The lowest BCUT2D eigenvalue weighted by molar-refractivity contribution is 0.690. The Labute approximate surface area is 128 Å².